The van der Waals surface area contributed by atoms with Gasteiger partial charge in [-0.3, -0.25) is 4.79 Å². The number of primary amides is 1. The van der Waals surface area contributed by atoms with Gasteiger partial charge in [0.25, 0.3) is 5.91 Å². The summed E-state index contributed by atoms with van der Waals surface area (Å²) in [4.78, 5) is 12.2. The Morgan fingerprint density at radius 2 is 1.85 bits per heavy atom. The SMILES string of the molecule is CCc1c(-c2cccc(F)c2)c(C(N)=O)c(C)n1CCc1ccccc1F. The summed E-state index contributed by atoms with van der Waals surface area (Å²) in [5.74, 6) is -1.17. The van der Waals surface area contributed by atoms with Gasteiger partial charge in [0.05, 0.1) is 5.56 Å². The number of carbonyl (C=O) groups excluding carboxylic acids is 1. The monoisotopic (exact) mass is 368 g/mol. The molecule has 27 heavy (non-hydrogen) atoms. The molecule has 1 amide bonds. The summed E-state index contributed by atoms with van der Waals surface area (Å²) in [5.41, 5.74) is 9.55. The number of hydrogen-bond donors (Lipinski definition) is 1. The van der Waals surface area contributed by atoms with Gasteiger partial charge in [-0.2, -0.15) is 0 Å². The number of nitrogens with two attached hydrogens (primary N) is 1. The second-order valence-corrected chi connectivity index (χ2v) is 6.50. The third kappa shape index (κ3) is 3.63. The molecule has 0 aliphatic rings. The molecule has 0 bridgehead atoms. The molecule has 0 unspecified atom stereocenters. The zero-order chi connectivity index (χ0) is 19.6. The van der Waals surface area contributed by atoms with Gasteiger partial charge in [-0.25, -0.2) is 8.78 Å². The van der Waals surface area contributed by atoms with Crippen LogP contribution >= 0.6 is 0 Å². The third-order valence-corrected chi connectivity index (χ3v) is 4.89. The Morgan fingerprint density at radius 3 is 2.48 bits per heavy atom. The summed E-state index contributed by atoms with van der Waals surface area (Å²) >= 11 is 0. The topological polar surface area (TPSA) is 48.0 Å². The van der Waals surface area contributed by atoms with Crippen molar-refractivity contribution in [3.8, 4) is 11.1 Å². The van der Waals surface area contributed by atoms with Gasteiger partial charge in [0, 0.05) is 23.5 Å². The number of halogens is 2. The lowest BCUT2D eigenvalue weighted by atomic mass is 9.98. The molecule has 1 aromatic heterocycles. The Labute approximate surface area is 157 Å². The third-order valence-electron chi connectivity index (χ3n) is 4.89. The molecule has 0 fully saturated rings. The Balaban J connectivity index is 2.10. The molecule has 3 aromatic rings. The molecule has 3 nitrogen and oxygen atoms in total. The lowest BCUT2D eigenvalue weighted by Gasteiger charge is -2.12. The normalized spacial score (nSPS) is 11.0. The minimum Gasteiger partial charge on any atom is -0.366 e. The zero-order valence-electron chi connectivity index (χ0n) is 15.4. The second-order valence-electron chi connectivity index (χ2n) is 6.50. The zero-order valence-corrected chi connectivity index (χ0v) is 15.4. The van der Waals surface area contributed by atoms with Gasteiger partial charge >= 0.3 is 0 Å². The van der Waals surface area contributed by atoms with Gasteiger partial charge in [0.2, 0.25) is 0 Å². The van der Waals surface area contributed by atoms with Crippen molar-refractivity contribution in [3.05, 3.63) is 82.7 Å². The van der Waals surface area contributed by atoms with Crippen molar-refractivity contribution in [3.63, 3.8) is 0 Å². The van der Waals surface area contributed by atoms with Gasteiger partial charge in [0.1, 0.15) is 11.6 Å². The number of aromatic nitrogens is 1. The predicted octanol–water partition coefficient (Wildman–Crippen LogP) is 4.65. The van der Waals surface area contributed by atoms with Gasteiger partial charge in [-0.1, -0.05) is 37.3 Å². The fourth-order valence-corrected chi connectivity index (χ4v) is 3.66. The van der Waals surface area contributed by atoms with Crippen molar-refractivity contribution in [2.24, 2.45) is 5.73 Å². The van der Waals surface area contributed by atoms with Crippen LogP contribution in [-0.4, -0.2) is 10.5 Å². The van der Waals surface area contributed by atoms with E-state index in [1.54, 1.807) is 30.3 Å². The van der Waals surface area contributed by atoms with Gasteiger partial charge in [-0.05, 0) is 49.1 Å². The molecule has 2 N–H and O–H groups in total. The highest BCUT2D eigenvalue weighted by Crippen LogP contribution is 2.33. The van der Waals surface area contributed by atoms with Crippen molar-refractivity contribution in [1.29, 1.82) is 0 Å². The minimum atomic E-state index is -0.550. The van der Waals surface area contributed by atoms with E-state index in [9.17, 15) is 13.6 Å². The van der Waals surface area contributed by atoms with Crippen molar-refractivity contribution >= 4 is 5.91 Å². The molecule has 140 valence electrons. The van der Waals surface area contributed by atoms with E-state index in [1.807, 2.05) is 18.4 Å². The van der Waals surface area contributed by atoms with Crippen LogP contribution < -0.4 is 5.73 Å². The van der Waals surface area contributed by atoms with Crippen LogP contribution in [0, 0.1) is 18.6 Å². The molecular formula is C22H22F2N2O. The molecule has 0 radical (unpaired) electrons. The first kappa shape index (κ1) is 18.8. The van der Waals surface area contributed by atoms with Crippen LogP contribution in [0.2, 0.25) is 0 Å². The molecule has 1 heterocycles. The Bertz CT molecular complexity index is 992. The number of nitrogens with zero attached hydrogens (tertiary/aromatic N) is 1. The molecule has 0 aliphatic heterocycles. The average Bonchev–Trinajstić information content (AvgIpc) is 2.93. The van der Waals surface area contributed by atoms with E-state index in [1.165, 1.54) is 18.2 Å². The van der Waals surface area contributed by atoms with Crippen LogP contribution in [0.1, 0.15) is 34.2 Å². The first-order valence-corrected chi connectivity index (χ1v) is 8.95. The quantitative estimate of drug-likeness (QED) is 0.677. The molecule has 3 rings (SSSR count). The minimum absolute atomic E-state index is 0.249. The first-order chi connectivity index (χ1) is 12.9. The van der Waals surface area contributed by atoms with E-state index >= 15 is 0 Å². The fraction of sp³-hybridized carbons (Fsp3) is 0.227. The van der Waals surface area contributed by atoms with Crippen molar-refractivity contribution in [1.82, 2.24) is 4.57 Å². The van der Waals surface area contributed by atoms with Gasteiger partial charge in [-0.15, -0.1) is 0 Å². The highest BCUT2D eigenvalue weighted by molar-refractivity contribution is 6.02. The van der Waals surface area contributed by atoms with E-state index in [-0.39, 0.29) is 11.6 Å². The number of carbonyl (C=O) groups is 1. The molecule has 0 saturated carbocycles. The largest absolute Gasteiger partial charge is 0.366 e. The molecule has 5 heteroatoms. The van der Waals surface area contributed by atoms with Crippen LogP contribution in [0.4, 0.5) is 8.78 Å². The molecule has 0 atom stereocenters. The second kappa shape index (κ2) is 7.74. The number of hydrogen-bond acceptors (Lipinski definition) is 1. The van der Waals surface area contributed by atoms with E-state index in [0.29, 0.717) is 41.6 Å². The van der Waals surface area contributed by atoms with E-state index in [4.69, 9.17) is 5.73 Å². The van der Waals surface area contributed by atoms with Crippen LogP contribution in [0.15, 0.2) is 48.5 Å². The van der Waals surface area contributed by atoms with Crippen LogP contribution in [0.25, 0.3) is 11.1 Å². The van der Waals surface area contributed by atoms with Gasteiger partial charge in [0.15, 0.2) is 0 Å². The average molecular weight is 368 g/mol. The lowest BCUT2D eigenvalue weighted by molar-refractivity contribution is 0.1000. The molecular weight excluding hydrogens is 346 g/mol. The molecule has 0 saturated heterocycles. The van der Waals surface area contributed by atoms with Crippen molar-refractivity contribution < 1.29 is 13.6 Å². The lowest BCUT2D eigenvalue weighted by Crippen LogP contribution is -2.14. The Morgan fingerprint density at radius 1 is 1.11 bits per heavy atom. The van der Waals surface area contributed by atoms with Crippen LogP contribution in [-0.2, 0) is 19.4 Å². The smallest absolute Gasteiger partial charge is 0.251 e. The van der Waals surface area contributed by atoms with Crippen molar-refractivity contribution in [2.75, 3.05) is 0 Å². The summed E-state index contributed by atoms with van der Waals surface area (Å²) in [6.45, 7) is 4.30. The maximum Gasteiger partial charge on any atom is 0.251 e. The fourth-order valence-electron chi connectivity index (χ4n) is 3.66. The highest BCUT2D eigenvalue weighted by atomic mass is 19.1. The summed E-state index contributed by atoms with van der Waals surface area (Å²) in [7, 11) is 0. The standard InChI is InChI=1S/C22H22F2N2O/c1-3-19-21(16-8-6-9-17(23)13-16)20(22(25)27)14(2)26(19)12-11-15-7-4-5-10-18(15)24/h4-10,13H,3,11-12H2,1-2H3,(H2,25,27). The first-order valence-electron chi connectivity index (χ1n) is 8.95. The number of aryl methyl sites for hydroxylation is 1. The maximum absolute atomic E-state index is 14.0. The van der Waals surface area contributed by atoms with Crippen LogP contribution in [0.5, 0.6) is 0 Å². The summed E-state index contributed by atoms with van der Waals surface area (Å²) < 4.78 is 29.7. The van der Waals surface area contributed by atoms with Gasteiger partial charge < -0.3 is 10.3 Å². The van der Waals surface area contributed by atoms with Crippen molar-refractivity contribution in [2.45, 2.75) is 33.2 Å². The molecule has 0 spiro atoms. The van der Waals surface area contributed by atoms with E-state index < -0.39 is 5.91 Å². The Kier molecular flexibility index (Phi) is 5.40. The summed E-state index contributed by atoms with van der Waals surface area (Å²) in [6, 6.07) is 12.8. The summed E-state index contributed by atoms with van der Waals surface area (Å²) in [5, 5.41) is 0. The molecule has 0 aliphatic carbocycles. The van der Waals surface area contributed by atoms with Crippen LogP contribution in [0.3, 0.4) is 0 Å². The maximum atomic E-state index is 14.0. The predicted molar refractivity (Wildman–Crippen MR) is 103 cm³/mol. The van der Waals surface area contributed by atoms with E-state index in [2.05, 4.69) is 0 Å². The number of benzene rings is 2. The number of rotatable bonds is 6. The van der Waals surface area contributed by atoms with E-state index in [0.717, 1.165) is 11.4 Å². The number of amides is 1. The molecule has 2 aromatic carbocycles. The summed E-state index contributed by atoms with van der Waals surface area (Å²) in [6.07, 6.45) is 1.12. The Hall–Kier alpha value is -2.95. The highest BCUT2D eigenvalue weighted by Gasteiger charge is 2.24.